The fraction of sp³-hybridized carbons (Fsp3) is 0.305. The van der Waals surface area contributed by atoms with E-state index in [4.69, 9.17) is 125 Å². The van der Waals surface area contributed by atoms with Gasteiger partial charge in [0, 0.05) is 136 Å². The van der Waals surface area contributed by atoms with Crippen molar-refractivity contribution >= 4 is 269 Å². The van der Waals surface area contributed by atoms with Gasteiger partial charge in [0.1, 0.15) is 30.7 Å². The fourth-order valence-corrected chi connectivity index (χ4v) is 25.3. The van der Waals surface area contributed by atoms with Crippen molar-refractivity contribution in [3.63, 3.8) is 0 Å². The lowest BCUT2D eigenvalue weighted by Gasteiger charge is -2.33. The van der Waals surface area contributed by atoms with E-state index in [0.29, 0.717) is 142 Å². The van der Waals surface area contributed by atoms with Gasteiger partial charge in [0.25, 0.3) is 0 Å². The van der Waals surface area contributed by atoms with Gasteiger partial charge in [-0.2, -0.15) is 0 Å². The van der Waals surface area contributed by atoms with Gasteiger partial charge in [-0.05, 0) is 215 Å². The molecule has 3 saturated heterocycles. The van der Waals surface area contributed by atoms with Crippen LogP contribution in [0, 0.1) is 34.6 Å². The van der Waals surface area contributed by atoms with Crippen molar-refractivity contribution in [3.05, 3.63) is 283 Å². The summed E-state index contributed by atoms with van der Waals surface area (Å²) in [6.45, 7) is 22.2. The Morgan fingerprint density at radius 1 is 0.403 bits per heavy atom. The second kappa shape index (κ2) is 43.0. The Morgan fingerprint density at radius 3 is 1.12 bits per heavy atom. The van der Waals surface area contributed by atoms with E-state index in [1.807, 2.05) is 46.7 Å². The Bertz CT molecular complexity index is 6890. The van der Waals surface area contributed by atoms with E-state index in [1.54, 1.807) is 147 Å². The first-order valence-corrected chi connectivity index (χ1v) is 51.2. The van der Waals surface area contributed by atoms with Crippen LogP contribution in [0.15, 0.2) is 152 Å². The molecule has 0 aliphatic carbocycles. The first-order valence-electron chi connectivity index (χ1n) is 41.7. The van der Waals surface area contributed by atoms with Crippen LogP contribution in [0.4, 0.5) is 0 Å². The predicted molar refractivity (Wildman–Crippen MR) is 537 cm³/mol. The molecule has 676 valence electrons. The summed E-state index contributed by atoms with van der Waals surface area (Å²) in [5, 5.41) is 8.23. The number of piperidine rings is 2. The molecule has 18 rings (SSSR count). The molecule has 0 N–H and O–H groups in total. The number of aryl methyl sites for hydroxylation is 5. The van der Waals surface area contributed by atoms with Crippen molar-refractivity contribution < 1.29 is 46.7 Å². The summed E-state index contributed by atoms with van der Waals surface area (Å²) < 4.78 is 45.2. The number of fused-ring (bicyclic) bond motifs is 5. The van der Waals surface area contributed by atoms with Gasteiger partial charge >= 0.3 is 0 Å². The number of ether oxygens (including phenoxy) is 2. The van der Waals surface area contributed by atoms with E-state index in [2.05, 4.69) is 69.5 Å². The zero-order valence-electron chi connectivity index (χ0n) is 71.5. The molecule has 34 heteroatoms. The number of methoxy groups -OCH3 is 1. The molecule has 0 radical (unpaired) electrons. The second-order valence-electron chi connectivity index (χ2n) is 31.6. The molecule has 18 nitrogen and oxygen atoms in total. The lowest BCUT2D eigenvalue weighted by Crippen LogP contribution is -2.42. The summed E-state index contributed by atoms with van der Waals surface area (Å²) in [7, 11) is 0.458. The van der Waals surface area contributed by atoms with Crippen molar-refractivity contribution in [2.24, 2.45) is 0 Å². The zero-order valence-corrected chi connectivity index (χ0v) is 84.0. The molecule has 0 saturated carbocycles. The number of carbonyl (C=O) groups is 6. The predicted octanol–water partition coefficient (Wildman–Crippen LogP) is 26.4. The number of ketones is 5. The van der Waals surface area contributed by atoms with Crippen LogP contribution in [0.25, 0.3) is 51.1 Å². The first-order chi connectivity index (χ1) is 61.7. The standard InChI is InChI=1S/2C21H22Cl2N2OS.C20H18Cl2N2O3S.C17H15Cl2NO2S.C16H13Cl2NO3S2/c1-13-10-14-11-18(20(26)16-7-5-8-17(22)19(16)23)27-21(14)25(13)12-15-6-3-4-9-24(15)2;1-14-12-15-13-18(20(26)16-6-5-7-17(22)19(16)23)27-21(15)25(14)11-10-24-8-3-2-4-9-24;1-12-9-13-10-16(19(26)14-3-2-4-15(21)18(14)22)28-20(13)24(12)11-17(25)23-5-7-27-8-6-23;1-10-8-11-9-14(23-17(11)20(10)6-7-22-2)16(21)12-4-3-5-13(18)15(12)19;1-3-24(21,22)19-9(2)7-10-8-13(23-16(10)19)15(20)11-5-4-6-12(17)14(11)18/h5,7-8,10-11,15H,3-4,6,9,12H2,1-2H3;5-7,12-13H,2-4,8-11H2,1H3;2-4,9-10H,5-8,11H2,1H3;3-5,8-9H,6-7H2,1-2H3;4-8H,3H2,1-2H3. The Balaban J connectivity index is 0.000000131. The highest BCUT2D eigenvalue weighted by molar-refractivity contribution is 7.90. The van der Waals surface area contributed by atoms with E-state index in [0.717, 1.165) is 102 Å². The van der Waals surface area contributed by atoms with Gasteiger partial charge in [-0.3, -0.25) is 28.8 Å². The monoisotopic (exact) mass is 2040 g/mol. The summed E-state index contributed by atoms with van der Waals surface area (Å²) in [6.07, 6.45) is 7.76. The van der Waals surface area contributed by atoms with Crippen LogP contribution in [0.1, 0.15) is 150 Å². The molecule has 5 aromatic carbocycles. The third-order valence-electron chi connectivity index (χ3n) is 23.0. The number of likely N-dealkylation sites (tertiary alicyclic amines) is 2. The summed E-state index contributed by atoms with van der Waals surface area (Å²) in [4.78, 5) is 91.6. The third kappa shape index (κ3) is 21.8. The first kappa shape index (κ1) is 97.8. The molecular formula is C95H90Cl10N8O10S6. The number of aromatic nitrogens is 5. The van der Waals surface area contributed by atoms with Crippen LogP contribution in [0.5, 0.6) is 0 Å². The van der Waals surface area contributed by atoms with Gasteiger partial charge in [-0.1, -0.05) is 159 Å². The van der Waals surface area contributed by atoms with Gasteiger partial charge in [0.15, 0.2) is 0 Å². The largest absolute Gasteiger partial charge is 0.383 e. The summed E-state index contributed by atoms with van der Waals surface area (Å²) in [5.41, 5.74) is 7.29. The lowest BCUT2D eigenvalue weighted by molar-refractivity contribution is -0.135. The Kier molecular flexibility index (Phi) is 32.6. The minimum atomic E-state index is -3.44. The third-order valence-corrected chi connectivity index (χ3v) is 34.8. The molecular weight excluding hydrogens is 1960 g/mol. The molecule has 0 bridgehead atoms. The number of hydrogen-bond acceptors (Lipinski definition) is 17. The number of carbonyl (C=O) groups excluding carboxylic acids is 6. The molecule has 3 fully saturated rings. The topological polar surface area (TPSA) is 189 Å². The van der Waals surface area contributed by atoms with Gasteiger partial charge in [-0.25, -0.2) is 12.4 Å². The molecule has 1 amide bonds. The number of rotatable bonds is 22. The van der Waals surface area contributed by atoms with E-state index in [9.17, 15) is 37.2 Å². The highest BCUT2D eigenvalue weighted by Gasteiger charge is 2.30. The molecule has 13 heterocycles. The molecule has 129 heavy (non-hydrogen) atoms. The van der Waals surface area contributed by atoms with Crippen LogP contribution < -0.4 is 0 Å². The summed E-state index contributed by atoms with van der Waals surface area (Å²) in [5.74, 6) is -0.637. The van der Waals surface area contributed by atoms with E-state index >= 15 is 0 Å². The van der Waals surface area contributed by atoms with Gasteiger partial charge in [0.2, 0.25) is 44.8 Å². The molecule has 1 unspecified atom stereocenters. The van der Waals surface area contributed by atoms with E-state index in [1.165, 1.54) is 89.6 Å². The molecule has 3 aliphatic rings. The summed E-state index contributed by atoms with van der Waals surface area (Å²) >= 11 is 68.2. The van der Waals surface area contributed by atoms with E-state index in [-0.39, 0.29) is 57.2 Å². The van der Waals surface area contributed by atoms with Crippen molar-refractivity contribution in [3.8, 4) is 0 Å². The number of thiophene rings is 5. The smallest absolute Gasteiger partial charge is 0.242 e. The average Bonchev–Trinajstić information content (AvgIpc) is 1.58. The molecule has 1 atom stereocenters. The van der Waals surface area contributed by atoms with Crippen molar-refractivity contribution in [2.75, 3.05) is 79.0 Å². The van der Waals surface area contributed by atoms with Crippen molar-refractivity contribution in [2.45, 2.75) is 112 Å². The number of hydrogen-bond donors (Lipinski definition) is 0. The Morgan fingerprint density at radius 2 is 0.736 bits per heavy atom. The molecule has 3 aliphatic heterocycles. The number of halogens is 10. The number of nitrogens with zero attached hydrogens (tertiary/aromatic N) is 8. The van der Waals surface area contributed by atoms with Crippen LogP contribution >= 0.6 is 173 Å². The maximum Gasteiger partial charge on any atom is 0.242 e. The average molecular weight is 2050 g/mol. The van der Waals surface area contributed by atoms with Gasteiger partial charge in [-0.15, -0.1) is 56.7 Å². The lowest BCUT2D eigenvalue weighted by atomic mass is 10.0. The van der Waals surface area contributed by atoms with Crippen molar-refractivity contribution in [1.82, 2.24) is 36.9 Å². The second-order valence-corrected chi connectivity index (χ2v) is 42.8. The van der Waals surface area contributed by atoms with Crippen LogP contribution in [0.2, 0.25) is 50.2 Å². The van der Waals surface area contributed by atoms with E-state index < -0.39 is 10.0 Å². The van der Waals surface area contributed by atoms with Crippen LogP contribution in [0.3, 0.4) is 0 Å². The fourth-order valence-electron chi connectivity index (χ4n) is 16.1. The minimum Gasteiger partial charge on any atom is -0.383 e. The number of benzene rings is 5. The highest BCUT2D eigenvalue weighted by atomic mass is 35.5. The van der Waals surface area contributed by atoms with Crippen molar-refractivity contribution in [1.29, 1.82) is 0 Å². The number of amides is 1. The molecule has 10 aromatic heterocycles. The zero-order chi connectivity index (χ0) is 92.1. The SMILES string of the molecule is CCS(=O)(=O)n1c(C)cc2cc(C(=O)c3cccc(Cl)c3Cl)sc21.COCCn1c(C)cc2cc(C(=O)c3cccc(Cl)c3Cl)sc21.Cc1cc2cc(C(=O)c3cccc(Cl)c3Cl)sc2n1CC(=O)N1CCOCC1.Cc1cc2cc(C(=O)c3cccc(Cl)c3Cl)sc2n1CC1CCCCN1C.Cc1cc2cc(C(=O)c3cccc(Cl)c3Cl)sc2n1CCN1CCCCC1. The minimum absolute atomic E-state index is 0.0150. The van der Waals surface area contributed by atoms with Gasteiger partial charge < -0.3 is 42.4 Å². The van der Waals surface area contributed by atoms with Gasteiger partial charge in [0.05, 0.1) is 100 Å². The van der Waals surface area contributed by atoms with Crippen LogP contribution in [-0.2, 0) is 50.5 Å². The molecule has 0 spiro atoms. The highest BCUT2D eigenvalue weighted by Crippen LogP contribution is 2.42. The quantitative estimate of drug-likeness (QED) is 0.0585. The summed E-state index contributed by atoms with van der Waals surface area (Å²) in [6, 6.07) is 45.5. The number of morpholine rings is 1. The normalized spacial score (nSPS) is 14.5. The van der Waals surface area contributed by atoms with Crippen LogP contribution in [-0.4, -0.2) is 165 Å². The Hall–Kier alpha value is -7.19. The maximum absolute atomic E-state index is 13.0. The molecule has 15 aromatic rings. The number of likely N-dealkylation sites (N-methyl/N-ethyl adjacent to an activating group) is 1. The maximum atomic E-state index is 13.0. The Labute approximate surface area is 818 Å².